The first-order chi connectivity index (χ1) is 10.1. The minimum absolute atomic E-state index is 0.206. The molecule has 1 aliphatic heterocycles. The van der Waals surface area contributed by atoms with Crippen molar-refractivity contribution < 1.29 is 9.53 Å². The van der Waals surface area contributed by atoms with E-state index in [-0.39, 0.29) is 5.92 Å². The highest BCUT2D eigenvalue weighted by Crippen LogP contribution is 2.49. The number of rotatable bonds is 4. The summed E-state index contributed by atoms with van der Waals surface area (Å²) >= 11 is 0. The fourth-order valence-corrected chi connectivity index (χ4v) is 3.66. The molecule has 2 aliphatic rings. The van der Waals surface area contributed by atoms with Gasteiger partial charge in [-0.1, -0.05) is 26.0 Å². The van der Waals surface area contributed by atoms with Crippen LogP contribution in [0.3, 0.4) is 0 Å². The molecule has 0 unspecified atom stereocenters. The van der Waals surface area contributed by atoms with Crippen molar-refractivity contribution >= 4 is 5.91 Å². The van der Waals surface area contributed by atoms with Gasteiger partial charge < -0.3 is 9.64 Å². The van der Waals surface area contributed by atoms with Crippen LogP contribution in [0.25, 0.3) is 0 Å². The van der Waals surface area contributed by atoms with Gasteiger partial charge in [0.05, 0.1) is 7.11 Å². The number of likely N-dealkylation sites (tertiary alicyclic amines) is 1. The molecule has 0 spiro atoms. The average Bonchev–Trinajstić information content (AvgIpc) is 3.13. The Balaban J connectivity index is 1.65. The second-order valence-corrected chi connectivity index (χ2v) is 6.71. The minimum atomic E-state index is 0.206. The first-order valence-electron chi connectivity index (χ1n) is 8.06. The van der Waals surface area contributed by atoms with E-state index in [1.54, 1.807) is 7.11 Å². The normalized spacial score (nSPS) is 28.0. The summed E-state index contributed by atoms with van der Waals surface area (Å²) in [6, 6.07) is 8.63. The maximum atomic E-state index is 12.7. The number of ether oxygens (including phenoxy) is 1. The van der Waals surface area contributed by atoms with Crippen LogP contribution < -0.4 is 4.74 Å². The lowest BCUT2D eigenvalue weighted by Gasteiger charge is -2.28. The van der Waals surface area contributed by atoms with Gasteiger partial charge in [0.15, 0.2) is 0 Å². The van der Waals surface area contributed by atoms with E-state index in [2.05, 4.69) is 30.9 Å². The number of benzene rings is 1. The van der Waals surface area contributed by atoms with Crippen LogP contribution in [0, 0.1) is 11.8 Å². The molecule has 3 atom stereocenters. The lowest BCUT2D eigenvalue weighted by molar-refractivity contribution is -0.134. The van der Waals surface area contributed by atoms with Crippen molar-refractivity contribution in [3.8, 4) is 5.75 Å². The van der Waals surface area contributed by atoms with E-state index in [0.29, 0.717) is 23.8 Å². The molecule has 3 rings (SSSR count). The molecule has 2 fully saturated rings. The molecule has 114 valence electrons. The number of nitrogens with zero attached hydrogens (tertiary/aromatic N) is 1. The Bertz CT molecular complexity index is 508. The fourth-order valence-electron chi connectivity index (χ4n) is 3.66. The van der Waals surface area contributed by atoms with Gasteiger partial charge in [-0.2, -0.15) is 0 Å². The van der Waals surface area contributed by atoms with E-state index >= 15 is 0 Å². The summed E-state index contributed by atoms with van der Waals surface area (Å²) in [4.78, 5) is 14.9. The van der Waals surface area contributed by atoms with Gasteiger partial charge in [-0.05, 0) is 48.8 Å². The molecular formula is C18H25NO2. The standard InChI is InChI=1S/C18H25NO2/c1-12(2)17-5-4-10-19(17)18(20)16-11-15(16)13-6-8-14(21-3)9-7-13/h6-9,12,15-17H,4-5,10-11H2,1-3H3/t15-,16+,17+/m0/s1. The van der Waals surface area contributed by atoms with E-state index in [4.69, 9.17) is 4.74 Å². The molecule has 1 aliphatic carbocycles. The quantitative estimate of drug-likeness (QED) is 0.849. The third kappa shape index (κ3) is 2.78. The monoisotopic (exact) mass is 287 g/mol. The molecule has 3 heteroatoms. The maximum Gasteiger partial charge on any atom is 0.226 e. The van der Waals surface area contributed by atoms with E-state index in [1.165, 1.54) is 12.0 Å². The number of carbonyl (C=O) groups excluding carboxylic acids is 1. The lowest BCUT2D eigenvalue weighted by Crippen LogP contribution is -2.39. The van der Waals surface area contributed by atoms with Crippen molar-refractivity contribution in [3.05, 3.63) is 29.8 Å². The molecule has 0 radical (unpaired) electrons. The van der Waals surface area contributed by atoms with Gasteiger partial charge in [-0.15, -0.1) is 0 Å². The molecule has 1 aromatic rings. The largest absolute Gasteiger partial charge is 0.497 e. The Hall–Kier alpha value is -1.51. The summed E-state index contributed by atoms with van der Waals surface area (Å²) in [7, 11) is 1.68. The number of carbonyl (C=O) groups is 1. The third-order valence-corrected chi connectivity index (χ3v) is 5.00. The van der Waals surface area contributed by atoms with E-state index in [0.717, 1.165) is 25.1 Å². The Labute approximate surface area is 127 Å². The molecule has 1 amide bonds. The maximum absolute atomic E-state index is 12.7. The molecular weight excluding hydrogens is 262 g/mol. The second-order valence-electron chi connectivity index (χ2n) is 6.71. The zero-order valence-corrected chi connectivity index (χ0v) is 13.2. The molecule has 1 heterocycles. The summed E-state index contributed by atoms with van der Waals surface area (Å²) in [5.41, 5.74) is 1.27. The number of hydrogen-bond donors (Lipinski definition) is 0. The van der Waals surface area contributed by atoms with Crippen molar-refractivity contribution in [2.75, 3.05) is 13.7 Å². The Morgan fingerprint density at radius 2 is 2.00 bits per heavy atom. The van der Waals surface area contributed by atoms with Crippen molar-refractivity contribution in [2.24, 2.45) is 11.8 Å². The summed E-state index contributed by atoms with van der Waals surface area (Å²) in [6.45, 7) is 5.40. The van der Waals surface area contributed by atoms with Crippen LogP contribution in [-0.2, 0) is 4.79 Å². The average molecular weight is 287 g/mol. The van der Waals surface area contributed by atoms with Crippen LogP contribution in [0.15, 0.2) is 24.3 Å². The van der Waals surface area contributed by atoms with Gasteiger partial charge in [0.1, 0.15) is 5.75 Å². The Kier molecular flexibility index (Phi) is 3.92. The van der Waals surface area contributed by atoms with Crippen LogP contribution >= 0.6 is 0 Å². The Morgan fingerprint density at radius 3 is 2.62 bits per heavy atom. The fraction of sp³-hybridized carbons (Fsp3) is 0.611. The summed E-state index contributed by atoms with van der Waals surface area (Å²) in [6.07, 6.45) is 3.34. The first kappa shape index (κ1) is 14.4. The number of hydrogen-bond acceptors (Lipinski definition) is 2. The predicted octanol–water partition coefficient (Wildman–Crippen LogP) is 3.45. The van der Waals surface area contributed by atoms with Crippen molar-refractivity contribution in [2.45, 2.75) is 45.1 Å². The number of methoxy groups -OCH3 is 1. The molecule has 21 heavy (non-hydrogen) atoms. The third-order valence-electron chi connectivity index (χ3n) is 5.00. The van der Waals surface area contributed by atoms with Crippen LogP contribution in [0.1, 0.15) is 44.6 Å². The minimum Gasteiger partial charge on any atom is -0.497 e. The van der Waals surface area contributed by atoms with Crippen LogP contribution in [0.5, 0.6) is 5.75 Å². The highest BCUT2D eigenvalue weighted by Gasteiger charge is 2.47. The topological polar surface area (TPSA) is 29.5 Å². The molecule has 1 saturated heterocycles. The summed E-state index contributed by atoms with van der Waals surface area (Å²) in [5.74, 6) is 2.44. The number of amides is 1. The van der Waals surface area contributed by atoms with E-state index in [1.807, 2.05) is 12.1 Å². The van der Waals surface area contributed by atoms with Gasteiger partial charge in [-0.25, -0.2) is 0 Å². The van der Waals surface area contributed by atoms with Crippen LogP contribution in [0.4, 0.5) is 0 Å². The van der Waals surface area contributed by atoms with E-state index in [9.17, 15) is 4.79 Å². The lowest BCUT2D eigenvalue weighted by atomic mass is 10.0. The van der Waals surface area contributed by atoms with Gasteiger partial charge in [-0.3, -0.25) is 4.79 Å². The molecule has 3 nitrogen and oxygen atoms in total. The molecule has 1 saturated carbocycles. The predicted molar refractivity (Wildman–Crippen MR) is 83.4 cm³/mol. The van der Waals surface area contributed by atoms with Gasteiger partial charge in [0, 0.05) is 18.5 Å². The van der Waals surface area contributed by atoms with Gasteiger partial charge >= 0.3 is 0 Å². The van der Waals surface area contributed by atoms with Crippen LogP contribution in [0.2, 0.25) is 0 Å². The van der Waals surface area contributed by atoms with Gasteiger partial charge in [0.2, 0.25) is 5.91 Å². The second kappa shape index (κ2) is 5.70. The van der Waals surface area contributed by atoms with Crippen molar-refractivity contribution in [3.63, 3.8) is 0 Å². The smallest absolute Gasteiger partial charge is 0.226 e. The van der Waals surface area contributed by atoms with E-state index < -0.39 is 0 Å². The zero-order valence-electron chi connectivity index (χ0n) is 13.2. The Morgan fingerprint density at radius 1 is 1.29 bits per heavy atom. The van der Waals surface area contributed by atoms with Crippen molar-refractivity contribution in [1.82, 2.24) is 4.90 Å². The SMILES string of the molecule is COc1ccc([C@@H]2C[C@H]2C(=O)N2CCC[C@@H]2C(C)C)cc1. The zero-order chi connectivity index (χ0) is 15.0. The van der Waals surface area contributed by atoms with Crippen molar-refractivity contribution in [1.29, 1.82) is 0 Å². The molecule has 0 N–H and O–H groups in total. The molecule has 0 bridgehead atoms. The molecule has 1 aromatic carbocycles. The van der Waals surface area contributed by atoms with Crippen LogP contribution in [-0.4, -0.2) is 30.5 Å². The first-order valence-corrected chi connectivity index (χ1v) is 8.06. The highest BCUT2D eigenvalue weighted by atomic mass is 16.5. The summed E-state index contributed by atoms with van der Waals surface area (Å²) < 4.78 is 5.19. The molecule has 0 aromatic heterocycles. The summed E-state index contributed by atoms with van der Waals surface area (Å²) in [5, 5.41) is 0. The van der Waals surface area contributed by atoms with Gasteiger partial charge in [0.25, 0.3) is 0 Å². The highest BCUT2D eigenvalue weighted by molar-refractivity contribution is 5.83.